The molecule has 8 nitrogen and oxygen atoms in total. The van der Waals surface area contributed by atoms with Gasteiger partial charge in [-0.15, -0.1) is 12.4 Å². The molecule has 0 unspecified atom stereocenters. The van der Waals surface area contributed by atoms with E-state index in [1.54, 1.807) is 24.3 Å². The standard InChI is InChI=1S/C16H25N3O5S.ClH/c1-11(2)15(17)16(21)18-10-14(20)19-12-5-4-6-13(9-12)24-7-8-25(3,22)23;/h4-6,9,11,15H,7-8,10,17H2,1-3H3,(H,18,21)(H,19,20);1H/t15-;/m0./s1. The first-order valence-corrected chi connectivity index (χ1v) is 9.88. The first-order valence-electron chi connectivity index (χ1n) is 7.82. The van der Waals surface area contributed by atoms with E-state index in [-0.39, 0.29) is 43.1 Å². The van der Waals surface area contributed by atoms with Gasteiger partial charge in [0.05, 0.1) is 18.3 Å². The zero-order valence-electron chi connectivity index (χ0n) is 15.0. The Morgan fingerprint density at radius 2 is 1.92 bits per heavy atom. The van der Waals surface area contributed by atoms with Gasteiger partial charge >= 0.3 is 0 Å². The first-order chi connectivity index (χ1) is 11.6. The van der Waals surface area contributed by atoms with Crippen molar-refractivity contribution in [3.8, 4) is 5.75 Å². The van der Waals surface area contributed by atoms with Crippen molar-refractivity contribution in [3.63, 3.8) is 0 Å². The Kier molecular flexibility index (Phi) is 10.2. The second-order valence-corrected chi connectivity index (χ2v) is 8.30. The van der Waals surface area contributed by atoms with Crippen LogP contribution in [-0.2, 0) is 19.4 Å². The van der Waals surface area contributed by atoms with Crippen LogP contribution < -0.4 is 21.1 Å². The Balaban J connectivity index is 0.00000625. The summed E-state index contributed by atoms with van der Waals surface area (Å²) >= 11 is 0. The molecule has 0 saturated heterocycles. The van der Waals surface area contributed by atoms with Crippen LogP contribution in [0.25, 0.3) is 0 Å². The van der Waals surface area contributed by atoms with E-state index in [9.17, 15) is 18.0 Å². The SMILES string of the molecule is CC(C)[C@H](N)C(=O)NCC(=O)Nc1cccc(OCCS(C)(=O)=O)c1.Cl. The molecule has 0 aliphatic heterocycles. The van der Waals surface area contributed by atoms with Crippen LogP contribution in [0.15, 0.2) is 24.3 Å². The van der Waals surface area contributed by atoms with Crippen molar-refractivity contribution in [1.29, 1.82) is 0 Å². The fourth-order valence-electron chi connectivity index (χ4n) is 1.77. The number of hydrogen-bond donors (Lipinski definition) is 3. The fraction of sp³-hybridized carbons (Fsp3) is 0.500. The molecule has 0 aliphatic carbocycles. The summed E-state index contributed by atoms with van der Waals surface area (Å²) in [6, 6.07) is 5.88. The van der Waals surface area contributed by atoms with Crippen LogP contribution in [0.3, 0.4) is 0 Å². The van der Waals surface area contributed by atoms with E-state index in [1.807, 2.05) is 13.8 Å². The lowest BCUT2D eigenvalue weighted by Gasteiger charge is -2.15. The van der Waals surface area contributed by atoms with E-state index in [0.717, 1.165) is 6.26 Å². The maximum Gasteiger partial charge on any atom is 0.243 e. The highest BCUT2D eigenvalue weighted by atomic mass is 35.5. The topological polar surface area (TPSA) is 128 Å². The number of nitrogens with one attached hydrogen (secondary N) is 2. The lowest BCUT2D eigenvalue weighted by atomic mass is 10.1. The molecular weight excluding hydrogens is 382 g/mol. The Bertz CT molecular complexity index is 710. The first kappa shape index (κ1) is 24.2. The molecule has 0 saturated carbocycles. The highest BCUT2D eigenvalue weighted by Gasteiger charge is 2.17. The van der Waals surface area contributed by atoms with Gasteiger partial charge in [-0.1, -0.05) is 19.9 Å². The number of sulfone groups is 1. The van der Waals surface area contributed by atoms with Crippen molar-refractivity contribution < 1.29 is 22.7 Å². The molecule has 2 amide bonds. The summed E-state index contributed by atoms with van der Waals surface area (Å²) in [6.07, 6.45) is 1.13. The van der Waals surface area contributed by atoms with Gasteiger partial charge in [0.15, 0.2) is 9.84 Å². The van der Waals surface area contributed by atoms with Crippen LogP contribution in [0.4, 0.5) is 5.69 Å². The van der Waals surface area contributed by atoms with E-state index in [1.165, 1.54) is 0 Å². The average molecular weight is 408 g/mol. The molecule has 148 valence electrons. The minimum atomic E-state index is -3.10. The molecule has 0 heterocycles. The second kappa shape index (κ2) is 11.0. The van der Waals surface area contributed by atoms with E-state index < -0.39 is 21.8 Å². The number of rotatable bonds is 9. The molecule has 0 spiro atoms. The molecule has 0 bridgehead atoms. The molecule has 0 fully saturated rings. The van der Waals surface area contributed by atoms with E-state index in [0.29, 0.717) is 11.4 Å². The largest absolute Gasteiger partial charge is 0.492 e. The predicted molar refractivity (Wildman–Crippen MR) is 103 cm³/mol. The number of hydrogen-bond acceptors (Lipinski definition) is 6. The molecule has 1 aromatic carbocycles. The van der Waals surface area contributed by atoms with E-state index >= 15 is 0 Å². The van der Waals surface area contributed by atoms with Crippen molar-refractivity contribution in [3.05, 3.63) is 24.3 Å². The molecule has 26 heavy (non-hydrogen) atoms. The van der Waals surface area contributed by atoms with Gasteiger partial charge in [0.1, 0.15) is 12.4 Å². The molecule has 1 aromatic rings. The number of anilines is 1. The molecule has 10 heteroatoms. The smallest absolute Gasteiger partial charge is 0.243 e. The summed E-state index contributed by atoms with van der Waals surface area (Å²) in [4.78, 5) is 23.6. The summed E-state index contributed by atoms with van der Waals surface area (Å²) in [6.45, 7) is 3.47. The van der Waals surface area contributed by atoms with Crippen molar-refractivity contribution in [2.24, 2.45) is 11.7 Å². The normalized spacial score (nSPS) is 12.0. The Hall–Kier alpha value is -1.84. The van der Waals surface area contributed by atoms with Gasteiger partial charge in [-0.25, -0.2) is 8.42 Å². The van der Waals surface area contributed by atoms with E-state index in [2.05, 4.69) is 10.6 Å². The monoisotopic (exact) mass is 407 g/mol. The molecular formula is C16H26ClN3O5S. The van der Waals surface area contributed by atoms with Crippen molar-refractivity contribution in [2.45, 2.75) is 19.9 Å². The number of amides is 2. The van der Waals surface area contributed by atoms with Crippen LogP contribution >= 0.6 is 12.4 Å². The van der Waals surface area contributed by atoms with Gasteiger partial charge in [0.2, 0.25) is 11.8 Å². The number of carbonyl (C=O) groups is 2. The molecule has 1 atom stereocenters. The Morgan fingerprint density at radius 1 is 1.27 bits per heavy atom. The summed E-state index contributed by atoms with van der Waals surface area (Å²) in [5.74, 6) is -0.470. The Morgan fingerprint density at radius 3 is 2.50 bits per heavy atom. The minimum Gasteiger partial charge on any atom is -0.492 e. The molecule has 1 rings (SSSR count). The highest BCUT2D eigenvalue weighted by molar-refractivity contribution is 7.90. The minimum absolute atomic E-state index is 0. The summed E-state index contributed by atoms with van der Waals surface area (Å²) in [5.41, 5.74) is 6.17. The van der Waals surface area contributed by atoms with Gasteiger partial charge in [-0.05, 0) is 18.1 Å². The van der Waals surface area contributed by atoms with Crippen molar-refractivity contribution in [1.82, 2.24) is 5.32 Å². The van der Waals surface area contributed by atoms with Crippen molar-refractivity contribution in [2.75, 3.05) is 30.5 Å². The van der Waals surface area contributed by atoms with Crippen LogP contribution in [0.2, 0.25) is 0 Å². The zero-order chi connectivity index (χ0) is 19.0. The molecule has 0 aliphatic rings. The van der Waals surface area contributed by atoms with Gasteiger partial charge in [0, 0.05) is 18.0 Å². The fourth-order valence-corrected chi connectivity index (χ4v) is 2.15. The van der Waals surface area contributed by atoms with Crippen LogP contribution in [0, 0.1) is 5.92 Å². The van der Waals surface area contributed by atoms with Gasteiger partial charge in [0.25, 0.3) is 0 Å². The third-order valence-corrected chi connectivity index (χ3v) is 4.19. The summed E-state index contributed by atoms with van der Waals surface area (Å²) < 4.78 is 27.5. The highest BCUT2D eigenvalue weighted by Crippen LogP contribution is 2.17. The Labute approximate surface area is 160 Å². The van der Waals surface area contributed by atoms with Gasteiger partial charge < -0.3 is 21.1 Å². The van der Waals surface area contributed by atoms with Crippen LogP contribution in [-0.4, -0.2) is 51.4 Å². The number of carbonyl (C=O) groups excluding carboxylic acids is 2. The van der Waals surface area contributed by atoms with Crippen molar-refractivity contribution >= 4 is 39.7 Å². The zero-order valence-corrected chi connectivity index (χ0v) is 16.7. The lowest BCUT2D eigenvalue weighted by Crippen LogP contribution is -2.46. The molecule has 0 aromatic heterocycles. The van der Waals surface area contributed by atoms with Gasteiger partial charge in [-0.2, -0.15) is 0 Å². The third-order valence-electron chi connectivity index (χ3n) is 3.28. The number of benzene rings is 1. The maximum absolute atomic E-state index is 11.9. The van der Waals surface area contributed by atoms with Crippen LogP contribution in [0.5, 0.6) is 5.75 Å². The lowest BCUT2D eigenvalue weighted by molar-refractivity contribution is -0.125. The average Bonchev–Trinajstić information content (AvgIpc) is 2.51. The molecule has 0 radical (unpaired) electrons. The van der Waals surface area contributed by atoms with E-state index in [4.69, 9.17) is 10.5 Å². The van der Waals surface area contributed by atoms with Gasteiger partial charge in [-0.3, -0.25) is 9.59 Å². The maximum atomic E-state index is 11.9. The number of nitrogens with two attached hydrogens (primary N) is 1. The summed E-state index contributed by atoms with van der Waals surface area (Å²) in [5, 5.41) is 5.10. The predicted octanol–water partition coefficient (Wildman–Crippen LogP) is 0.570. The van der Waals surface area contributed by atoms with Crippen LogP contribution in [0.1, 0.15) is 13.8 Å². The third kappa shape index (κ3) is 9.59. The second-order valence-electron chi connectivity index (χ2n) is 6.04. The molecule has 4 N–H and O–H groups in total. The number of ether oxygens (including phenoxy) is 1. The quantitative estimate of drug-likeness (QED) is 0.549. The number of halogens is 1. The summed E-state index contributed by atoms with van der Waals surface area (Å²) in [7, 11) is -3.10.